The molecule has 1 atom stereocenters. The molecular weight excluding hydrogens is 348 g/mol. The fourth-order valence-electron chi connectivity index (χ4n) is 3.22. The second kappa shape index (κ2) is 7.40. The van der Waals surface area contributed by atoms with Gasteiger partial charge in [-0.3, -0.25) is 0 Å². The lowest BCUT2D eigenvalue weighted by molar-refractivity contribution is 0.199. The number of halogens is 2. The summed E-state index contributed by atoms with van der Waals surface area (Å²) in [4.78, 5) is 11.4. The molecule has 0 N–H and O–H groups in total. The topological polar surface area (TPSA) is 38.2 Å². The van der Waals surface area contributed by atoms with Crippen molar-refractivity contribution in [3.63, 3.8) is 0 Å². The molecule has 0 aliphatic carbocycles. The van der Waals surface area contributed by atoms with Crippen LogP contribution in [-0.4, -0.2) is 41.1 Å². The molecule has 1 unspecified atom stereocenters. The molecule has 4 nitrogen and oxygen atoms in total. The Kier molecular flexibility index (Phi) is 4.81. The van der Waals surface area contributed by atoms with E-state index in [0.29, 0.717) is 17.3 Å². The van der Waals surface area contributed by atoms with E-state index < -0.39 is 0 Å². The van der Waals surface area contributed by atoms with Crippen molar-refractivity contribution in [3.8, 4) is 28.4 Å². The number of hydrogen-bond acceptors (Lipinski definition) is 4. The summed E-state index contributed by atoms with van der Waals surface area (Å²) < 4.78 is 32.6. The van der Waals surface area contributed by atoms with Gasteiger partial charge in [-0.15, -0.1) is 0 Å². The molecule has 0 spiro atoms. The van der Waals surface area contributed by atoms with Crippen LogP contribution in [0.5, 0.6) is 5.88 Å². The SMILES string of the molecule is CN1CCC(Oc2cnc(-c3ccc(F)cc3)c(-c3ccc(F)cc3)n2)C1. The third kappa shape index (κ3) is 3.95. The van der Waals surface area contributed by atoms with Gasteiger partial charge >= 0.3 is 0 Å². The number of ether oxygens (including phenoxy) is 1. The Hall–Kier alpha value is -2.86. The molecule has 6 heteroatoms. The smallest absolute Gasteiger partial charge is 0.233 e. The fourth-order valence-corrected chi connectivity index (χ4v) is 3.22. The molecule has 1 aliphatic heterocycles. The molecule has 2 heterocycles. The zero-order valence-corrected chi connectivity index (χ0v) is 14.9. The minimum absolute atomic E-state index is 0.0713. The number of nitrogens with zero attached hydrogens (tertiary/aromatic N) is 3. The molecule has 138 valence electrons. The summed E-state index contributed by atoms with van der Waals surface area (Å²) >= 11 is 0. The van der Waals surface area contributed by atoms with Crippen LogP contribution < -0.4 is 4.74 Å². The van der Waals surface area contributed by atoms with E-state index in [1.54, 1.807) is 30.5 Å². The van der Waals surface area contributed by atoms with Crippen LogP contribution in [0, 0.1) is 11.6 Å². The van der Waals surface area contributed by atoms with Gasteiger partial charge in [0.25, 0.3) is 0 Å². The van der Waals surface area contributed by atoms with E-state index in [1.807, 2.05) is 0 Å². The van der Waals surface area contributed by atoms with Crippen LogP contribution in [0.4, 0.5) is 8.78 Å². The van der Waals surface area contributed by atoms with E-state index in [1.165, 1.54) is 24.3 Å². The van der Waals surface area contributed by atoms with Crippen LogP contribution in [0.2, 0.25) is 0 Å². The van der Waals surface area contributed by atoms with Crippen molar-refractivity contribution in [1.82, 2.24) is 14.9 Å². The van der Waals surface area contributed by atoms with Crippen molar-refractivity contribution in [1.29, 1.82) is 0 Å². The van der Waals surface area contributed by atoms with Crippen LogP contribution in [0.25, 0.3) is 22.5 Å². The zero-order chi connectivity index (χ0) is 18.8. The summed E-state index contributed by atoms with van der Waals surface area (Å²) in [7, 11) is 2.05. The van der Waals surface area contributed by atoms with Gasteiger partial charge in [-0.05, 0) is 62.0 Å². The van der Waals surface area contributed by atoms with E-state index in [-0.39, 0.29) is 17.7 Å². The number of benzene rings is 2. The molecule has 0 radical (unpaired) electrons. The van der Waals surface area contributed by atoms with Crippen molar-refractivity contribution in [2.45, 2.75) is 12.5 Å². The van der Waals surface area contributed by atoms with Gasteiger partial charge in [0.1, 0.15) is 23.4 Å². The minimum Gasteiger partial charge on any atom is -0.472 e. The lowest BCUT2D eigenvalue weighted by Crippen LogP contribution is -2.22. The third-order valence-corrected chi connectivity index (χ3v) is 4.62. The molecule has 1 aromatic heterocycles. The Labute approximate surface area is 156 Å². The van der Waals surface area contributed by atoms with E-state index in [9.17, 15) is 8.78 Å². The number of likely N-dealkylation sites (N-methyl/N-ethyl adjacent to an activating group) is 1. The van der Waals surface area contributed by atoms with E-state index in [4.69, 9.17) is 4.74 Å². The van der Waals surface area contributed by atoms with Crippen molar-refractivity contribution >= 4 is 0 Å². The third-order valence-electron chi connectivity index (χ3n) is 4.62. The first kappa shape index (κ1) is 17.5. The van der Waals surface area contributed by atoms with Gasteiger partial charge < -0.3 is 9.64 Å². The highest BCUT2D eigenvalue weighted by Gasteiger charge is 2.22. The summed E-state index contributed by atoms with van der Waals surface area (Å²) in [6.07, 6.45) is 2.59. The first-order valence-electron chi connectivity index (χ1n) is 8.82. The van der Waals surface area contributed by atoms with E-state index >= 15 is 0 Å². The second-order valence-corrected chi connectivity index (χ2v) is 6.71. The van der Waals surface area contributed by atoms with Gasteiger partial charge in [0, 0.05) is 24.2 Å². The maximum Gasteiger partial charge on any atom is 0.233 e. The van der Waals surface area contributed by atoms with E-state index in [0.717, 1.165) is 30.6 Å². The predicted molar refractivity (Wildman–Crippen MR) is 99.4 cm³/mol. The Bertz CT molecular complexity index is 929. The summed E-state index contributed by atoms with van der Waals surface area (Å²) in [5.74, 6) is -0.211. The number of likely N-dealkylation sites (tertiary alicyclic amines) is 1. The molecule has 0 amide bonds. The molecule has 1 aliphatic rings. The monoisotopic (exact) mass is 367 g/mol. The molecule has 0 saturated carbocycles. The van der Waals surface area contributed by atoms with Crippen molar-refractivity contribution in [2.24, 2.45) is 0 Å². The Balaban J connectivity index is 1.73. The quantitative estimate of drug-likeness (QED) is 0.694. The highest BCUT2D eigenvalue weighted by Crippen LogP contribution is 2.31. The maximum absolute atomic E-state index is 13.3. The van der Waals surface area contributed by atoms with Gasteiger partial charge in [0.15, 0.2) is 0 Å². The highest BCUT2D eigenvalue weighted by molar-refractivity contribution is 5.78. The van der Waals surface area contributed by atoms with Gasteiger partial charge in [-0.1, -0.05) is 0 Å². The Morgan fingerprint density at radius 1 is 0.926 bits per heavy atom. The number of aromatic nitrogens is 2. The van der Waals surface area contributed by atoms with Crippen LogP contribution in [0.1, 0.15) is 6.42 Å². The Morgan fingerprint density at radius 3 is 2.07 bits per heavy atom. The van der Waals surface area contributed by atoms with Crippen molar-refractivity contribution in [2.75, 3.05) is 20.1 Å². The maximum atomic E-state index is 13.3. The molecule has 3 aromatic rings. The summed E-state index contributed by atoms with van der Waals surface area (Å²) in [5, 5.41) is 0. The van der Waals surface area contributed by atoms with Gasteiger partial charge in [-0.2, -0.15) is 0 Å². The average Bonchev–Trinajstić information content (AvgIpc) is 3.08. The normalized spacial score (nSPS) is 17.2. The van der Waals surface area contributed by atoms with Gasteiger partial charge in [0.05, 0.1) is 11.9 Å². The summed E-state index contributed by atoms with van der Waals surface area (Å²) in [6.45, 7) is 1.82. The second-order valence-electron chi connectivity index (χ2n) is 6.71. The molecule has 27 heavy (non-hydrogen) atoms. The summed E-state index contributed by atoms with van der Waals surface area (Å²) in [5.41, 5.74) is 2.62. The fraction of sp³-hybridized carbons (Fsp3) is 0.238. The first-order valence-corrected chi connectivity index (χ1v) is 8.82. The average molecular weight is 367 g/mol. The highest BCUT2D eigenvalue weighted by atomic mass is 19.1. The van der Waals surface area contributed by atoms with Crippen molar-refractivity contribution < 1.29 is 13.5 Å². The lowest BCUT2D eigenvalue weighted by atomic mass is 10.0. The minimum atomic E-state index is -0.323. The molecule has 1 saturated heterocycles. The van der Waals surface area contributed by atoms with Crippen LogP contribution in [0.15, 0.2) is 54.7 Å². The largest absolute Gasteiger partial charge is 0.472 e. The molecule has 1 fully saturated rings. The predicted octanol–water partition coefficient (Wildman–Crippen LogP) is 4.17. The lowest BCUT2D eigenvalue weighted by Gasteiger charge is -2.15. The molecule has 2 aromatic carbocycles. The number of hydrogen-bond donors (Lipinski definition) is 0. The van der Waals surface area contributed by atoms with Crippen LogP contribution in [-0.2, 0) is 0 Å². The van der Waals surface area contributed by atoms with Gasteiger partial charge in [0.2, 0.25) is 5.88 Å². The standard InChI is InChI=1S/C21H19F2N3O/c1-26-11-10-18(13-26)27-19-12-24-20(14-2-6-16(22)7-3-14)21(25-19)15-4-8-17(23)9-5-15/h2-9,12,18H,10-11,13H2,1H3. The molecule has 0 bridgehead atoms. The molecule has 4 rings (SSSR count). The van der Waals surface area contributed by atoms with Crippen molar-refractivity contribution in [3.05, 3.63) is 66.4 Å². The molecular formula is C21H19F2N3O. The van der Waals surface area contributed by atoms with Crippen LogP contribution in [0.3, 0.4) is 0 Å². The van der Waals surface area contributed by atoms with E-state index in [2.05, 4.69) is 21.9 Å². The zero-order valence-electron chi connectivity index (χ0n) is 14.9. The first-order chi connectivity index (χ1) is 13.1. The Morgan fingerprint density at radius 2 is 1.52 bits per heavy atom. The van der Waals surface area contributed by atoms with Crippen LogP contribution >= 0.6 is 0 Å². The number of rotatable bonds is 4. The summed E-state index contributed by atoms with van der Waals surface area (Å²) in [6, 6.07) is 12.1. The van der Waals surface area contributed by atoms with Gasteiger partial charge in [-0.25, -0.2) is 18.7 Å².